The van der Waals surface area contributed by atoms with Gasteiger partial charge in [-0.05, 0) is 116 Å². The predicted molar refractivity (Wildman–Crippen MR) is 168 cm³/mol. The van der Waals surface area contributed by atoms with Gasteiger partial charge in [0.15, 0.2) is 0 Å². The van der Waals surface area contributed by atoms with Crippen LogP contribution >= 0.6 is 11.6 Å². The zero-order valence-electron chi connectivity index (χ0n) is 24.6. The van der Waals surface area contributed by atoms with E-state index in [0.717, 1.165) is 74.5 Å². The molecule has 43 heavy (non-hydrogen) atoms. The minimum Gasteiger partial charge on any atom is -0.490 e. The van der Waals surface area contributed by atoms with Crippen LogP contribution in [0.5, 0.6) is 5.75 Å². The predicted octanol–water partition coefficient (Wildman–Crippen LogP) is 5.57. The number of methoxy groups -OCH3 is 1. The van der Waals surface area contributed by atoms with Gasteiger partial charge in [-0.3, -0.25) is 0 Å². The first-order valence-electron chi connectivity index (χ1n) is 15.3. The summed E-state index contributed by atoms with van der Waals surface area (Å²) in [6.45, 7) is 2.03. The maximum Gasteiger partial charge on any atom is 0.335 e. The number of nitrogens with two attached hydrogens (primary N) is 1. The molecule has 1 saturated carbocycles. The summed E-state index contributed by atoms with van der Waals surface area (Å²) in [5, 5.41) is 15.9. The summed E-state index contributed by atoms with van der Waals surface area (Å²) in [7, 11) is -1.72. The number of carbonyl (C=O) groups is 1. The number of carboxylic acids is 1. The number of aryl methyl sites for hydroxylation is 1. The maximum absolute atomic E-state index is 12.0. The van der Waals surface area contributed by atoms with Crippen LogP contribution < -0.4 is 14.8 Å². The average molecular weight is 629 g/mol. The molecule has 3 N–H and O–H groups in total. The molecule has 10 heteroatoms. The first-order valence-corrected chi connectivity index (χ1v) is 17.4. The molecule has 0 aromatic heterocycles. The molecule has 5 atom stereocenters. The average Bonchev–Trinajstić information content (AvgIpc) is 3.10. The number of nitrogens with zero attached hydrogens (tertiary/aromatic N) is 1. The molecule has 8 nitrogen and oxygen atoms in total. The highest BCUT2D eigenvalue weighted by Gasteiger charge is 2.45. The van der Waals surface area contributed by atoms with Crippen LogP contribution in [0.15, 0.2) is 48.0 Å². The van der Waals surface area contributed by atoms with Crippen LogP contribution in [0.4, 0.5) is 5.69 Å². The number of anilines is 1. The highest BCUT2D eigenvalue weighted by atomic mass is 35.5. The van der Waals surface area contributed by atoms with Gasteiger partial charge < -0.3 is 19.5 Å². The second-order valence-electron chi connectivity index (χ2n) is 13.0. The second kappa shape index (κ2) is 12.1. The van der Waals surface area contributed by atoms with Gasteiger partial charge in [-0.1, -0.05) is 23.7 Å². The molecule has 0 unspecified atom stereocenters. The van der Waals surface area contributed by atoms with E-state index in [2.05, 4.69) is 23.1 Å². The number of hydrogen-bond donors (Lipinski definition) is 2. The lowest BCUT2D eigenvalue weighted by Gasteiger charge is -2.47. The van der Waals surface area contributed by atoms with Crippen molar-refractivity contribution in [2.45, 2.75) is 62.9 Å². The van der Waals surface area contributed by atoms with E-state index in [0.29, 0.717) is 24.9 Å². The molecule has 1 aliphatic heterocycles. The fraction of sp³-hybridized carbons (Fsp3) is 0.545. The number of primary sulfonamides is 1. The lowest BCUT2D eigenvalue weighted by atomic mass is 9.66. The molecule has 1 heterocycles. The number of sulfonamides is 1. The van der Waals surface area contributed by atoms with Crippen molar-refractivity contribution in [2.24, 2.45) is 22.9 Å². The molecule has 0 radical (unpaired) electrons. The number of rotatable bonds is 8. The lowest BCUT2D eigenvalue weighted by molar-refractivity contribution is 0.00323. The van der Waals surface area contributed by atoms with Gasteiger partial charge in [0, 0.05) is 30.6 Å². The Labute approximate surface area is 259 Å². The smallest absolute Gasteiger partial charge is 0.335 e. The van der Waals surface area contributed by atoms with Crippen LogP contribution in [-0.2, 0) is 26.6 Å². The molecule has 0 saturated heterocycles. The van der Waals surface area contributed by atoms with Gasteiger partial charge >= 0.3 is 5.97 Å². The van der Waals surface area contributed by atoms with E-state index in [4.69, 9.17) is 26.2 Å². The summed E-state index contributed by atoms with van der Waals surface area (Å²) in [4.78, 5) is 14.4. The first-order chi connectivity index (χ1) is 20.5. The molecule has 2 aromatic rings. The van der Waals surface area contributed by atoms with E-state index >= 15 is 0 Å². The van der Waals surface area contributed by atoms with E-state index in [1.807, 2.05) is 6.07 Å². The number of benzene rings is 2. The lowest BCUT2D eigenvalue weighted by Crippen LogP contribution is -2.50. The molecule has 232 valence electrons. The van der Waals surface area contributed by atoms with Crippen LogP contribution in [0.2, 0.25) is 5.02 Å². The molecular weight excluding hydrogens is 588 g/mol. The molecule has 1 spiro atoms. The molecule has 3 aliphatic carbocycles. The number of carboxylic acid groups (broad SMARTS) is 1. The number of fused-ring (bicyclic) bond motifs is 3. The van der Waals surface area contributed by atoms with E-state index in [1.54, 1.807) is 25.3 Å². The Hall–Kier alpha value is -2.59. The highest BCUT2D eigenvalue weighted by Crippen LogP contribution is 2.48. The normalized spacial score (nSPS) is 27.7. The highest BCUT2D eigenvalue weighted by molar-refractivity contribution is 7.89. The SMILES string of the molecule is CO[C@@H](C1=CC[C@@H](CS(N)(=O)=O)CC1)[C@@H]1CC[C@H]1CN1C[C@@]2(CCCc3cc(Cl)ccc32)COc2ccc(C(=O)O)cc21. The number of halogens is 1. The number of allylic oxidation sites excluding steroid dienone is 1. The number of hydrogen-bond acceptors (Lipinski definition) is 6. The van der Waals surface area contributed by atoms with Gasteiger partial charge in [0.1, 0.15) is 5.75 Å². The van der Waals surface area contributed by atoms with Gasteiger partial charge in [0.25, 0.3) is 0 Å². The minimum absolute atomic E-state index is 0.0197. The van der Waals surface area contributed by atoms with Crippen LogP contribution in [-0.4, -0.2) is 58.2 Å². The molecule has 0 bridgehead atoms. The molecule has 2 aromatic carbocycles. The van der Waals surface area contributed by atoms with Gasteiger partial charge in [-0.15, -0.1) is 0 Å². The topological polar surface area (TPSA) is 119 Å². The summed E-state index contributed by atoms with van der Waals surface area (Å²) in [5.41, 5.74) is 4.65. The maximum atomic E-state index is 12.0. The van der Waals surface area contributed by atoms with Crippen molar-refractivity contribution >= 4 is 33.3 Å². The Morgan fingerprint density at radius 2 is 2.05 bits per heavy atom. The molecular formula is C33H41ClN2O6S. The second-order valence-corrected chi connectivity index (χ2v) is 15.1. The van der Waals surface area contributed by atoms with Gasteiger partial charge in [-0.2, -0.15) is 0 Å². The van der Waals surface area contributed by atoms with Crippen LogP contribution in [0.3, 0.4) is 0 Å². The number of ether oxygens (including phenoxy) is 2. The summed E-state index contributed by atoms with van der Waals surface area (Å²) in [5.74, 6) is 0.525. The fourth-order valence-electron chi connectivity index (χ4n) is 8.00. The number of aromatic carboxylic acids is 1. The third kappa shape index (κ3) is 6.32. The molecule has 1 fully saturated rings. The van der Waals surface area contributed by atoms with E-state index in [9.17, 15) is 18.3 Å². The third-order valence-electron chi connectivity index (χ3n) is 10.2. The summed E-state index contributed by atoms with van der Waals surface area (Å²) in [6.07, 6.45) is 9.59. The Morgan fingerprint density at radius 1 is 1.21 bits per heavy atom. The van der Waals surface area contributed by atoms with Crippen molar-refractivity contribution in [3.63, 3.8) is 0 Å². The standard InChI is InChI=1S/C33H41ClN2O6S/c1-41-31(22-6-4-21(5-7-22)18-43(35,39)40)27-11-8-25(27)17-36-19-33(14-2-3-23-15-26(34)10-12-28(23)33)20-42-30-13-9-24(32(37)38)16-29(30)36/h6,9-10,12-13,15-16,21,25,27,31H,2-5,7-8,11,14,17-20H2,1H3,(H,37,38)(H2,35,39,40)/t21-,25+,27-,31+,33+/m1/s1. The Morgan fingerprint density at radius 3 is 2.72 bits per heavy atom. The first kappa shape index (κ1) is 30.4. The van der Waals surface area contributed by atoms with Gasteiger partial charge in [0.2, 0.25) is 10.0 Å². The van der Waals surface area contributed by atoms with E-state index < -0.39 is 16.0 Å². The third-order valence-corrected chi connectivity index (χ3v) is 11.4. The zero-order chi connectivity index (χ0) is 30.4. The fourth-order valence-corrected chi connectivity index (χ4v) is 9.15. The van der Waals surface area contributed by atoms with Crippen molar-refractivity contribution in [1.82, 2.24) is 0 Å². The quantitative estimate of drug-likeness (QED) is 0.367. The molecule has 6 rings (SSSR count). The van der Waals surface area contributed by atoms with Crippen molar-refractivity contribution in [3.8, 4) is 5.75 Å². The van der Waals surface area contributed by atoms with Crippen molar-refractivity contribution in [3.05, 3.63) is 69.8 Å². The summed E-state index contributed by atoms with van der Waals surface area (Å²) < 4.78 is 35.9. The van der Waals surface area contributed by atoms with Gasteiger partial charge in [0.05, 0.1) is 29.7 Å². The van der Waals surface area contributed by atoms with Crippen molar-refractivity contribution in [2.75, 3.05) is 37.5 Å². The Kier molecular flexibility index (Phi) is 8.54. The van der Waals surface area contributed by atoms with Crippen molar-refractivity contribution in [1.29, 1.82) is 0 Å². The van der Waals surface area contributed by atoms with Crippen LogP contribution in [0.25, 0.3) is 0 Å². The minimum atomic E-state index is -3.49. The van der Waals surface area contributed by atoms with Crippen molar-refractivity contribution < 1.29 is 27.8 Å². The largest absolute Gasteiger partial charge is 0.490 e. The van der Waals surface area contributed by atoms with E-state index in [-0.39, 0.29) is 28.8 Å². The van der Waals surface area contributed by atoms with Crippen LogP contribution in [0.1, 0.15) is 66.4 Å². The molecule has 0 amide bonds. The summed E-state index contributed by atoms with van der Waals surface area (Å²) >= 11 is 6.39. The zero-order valence-corrected chi connectivity index (χ0v) is 26.2. The Balaban J connectivity index is 1.28. The Bertz CT molecular complexity index is 1530. The van der Waals surface area contributed by atoms with Gasteiger partial charge in [-0.25, -0.2) is 18.4 Å². The molecule has 4 aliphatic rings. The summed E-state index contributed by atoms with van der Waals surface area (Å²) in [6, 6.07) is 11.4. The van der Waals surface area contributed by atoms with Crippen LogP contribution in [0, 0.1) is 17.8 Å². The van der Waals surface area contributed by atoms with E-state index in [1.165, 1.54) is 16.7 Å². The monoisotopic (exact) mass is 628 g/mol.